The second-order valence-corrected chi connectivity index (χ2v) is 12.0. The number of ketones is 2. The molecule has 0 amide bonds. The molecule has 6 nitrogen and oxygen atoms in total. The lowest BCUT2D eigenvalue weighted by Gasteiger charge is -2.66. The summed E-state index contributed by atoms with van der Waals surface area (Å²) in [5.41, 5.74) is -2.94. The SMILES string of the molecule is CC(=O)O[C@@H]1C[C@@H]2C(C)(C)C(=O)C=C[C@@]2(C)[C@@H]2CC[C@]3(C)C(=CC(=O)[C@@]3(O)c3ccoc3)[C@@]12C. The van der Waals surface area contributed by atoms with E-state index in [1.165, 1.54) is 19.5 Å². The van der Waals surface area contributed by atoms with Gasteiger partial charge in [-0.1, -0.05) is 40.7 Å². The highest BCUT2D eigenvalue weighted by Gasteiger charge is 2.72. The molecule has 5 rings (SSSR count). The number of hydrogen-bond donors (Lipinski definition) is 1. The van der Waals surface area contributed by atoms with E-state index in [1.54, 1.807) is 18.2 Å². The van der Waals surface area contributed by atoms with Crippen molar-refractivity contribution >= 4 is 17.5 Å². The van der Waals surface area contributed by atoms with Crippen LogP contribution in [0.4, 0.5) is 0 Å². The summed E-state index contributed by atoms with van der Waals surface area (Å²) < 4.78 is 11.3. The van der Waals surface area contributed by atoms with Crippen molar-refractivity contribution in [3.63, 3.8) is 0 Å². The third kappa shape index (κ3) is 2.53. The van der Waals surface area contributed by atoms with Crippen LogP contribution in [0.2, 0.25) is 0 Å². The van der Waals surface area contributed by atoms with Crippen LogP contribution in [-0.2, 0) is 24.7 Å². The number of aliphatic hydroxyl groups is 1. The third-order valence-electron chi connectivity index (χ3n) is 10.2. The molecule has 0 unspecified atom stereocenters. The molecular formula is C28H34O6. The molecule has 182 valence electrons. The van der Waals surface area contributed by atoms with E-state index >= 15 is 0 Å². The van der Waals surface area contributed by atoms with Crippen molar-refractivity contribution in [2.75, 3.05) is 0 Å². The predicted octanol–water partition coefficient (Wildman–Crippen LogP) is 4.52. The van der Waals surface area contributed by atoms with Crippen LogP contribution < -0.4 is 0 Å². The van der Waals surface area contributed by atoms with Crippen LogP contribution in [-0.4, -0.2) is 28.7 Å². The Morgan fingerprint density at radius 3 is 2.44 bits per heavy atom. The van der Waals surface area contributed by atoms with Gasteiger partial charge >= 0.3 is 5.97 Å². The Labute approximate surface area is 200 Å². The van der Waals surface area contributed by atoms with Gasteiger partial charge in [0, 0.05) is 28.7 Å². The average Bonchev–Trinajstić information content (AvgIpc) is 3.35. The molecule has 0 saturated heterocycles. The smallest absolute Gasteiger partial charge is 0.302 e. The molecule has 1 aromatic rings. The molecule has 0 bridgehead atoms. The first kappa shape index (κ1) is 23.3. The summed E-state index contributed by atoms with van der Waals surface area (Å²) in [5.74, 6) is -0.658. The molecule has 6 heteroatoms. The van der Waals surface area contributed by atoms with Crippen LogP contribution in [0.25, 0.3) is 0 Å². The van der Waals surface area contributed by atoms with Gasteiger partial charge in [-0.3, -0.25) is 14.4 Å². The number of carbonyl (C=O) groups is 3. The zero-order chi connectivity index (χ0) is 24.9. The first-order valence-corrected chi connectivity index (χ1v) is 12.2. The number of fused-ring (bicyclic) bond motifs is 5. The van der Waals surface area contributed by atoms with Gasteiger partial charge in [0.1, 0.15) is 6.10 Å². The fraction of sp³-hybridized carbons (Fsp3) is 0.607. The van der Waals surface area contributed by atoms with Crippen molar-refractivity contribution in [1.82, 2.24) is 0 Å². The molecule has 0 spiro atoms. The van der Waals surface area contributed by atoms with Gasteiger partial charge in [-0.15, -0.1) is 0 Å². The molecule has 4 aliphatic carbocycles. The van der Waals surface area contributed by atoms with E-state index in [-0.39, 0.29) is 34.8 Å². The number of ether oxygens (including phenoxy) is 1. The van der Waals surface area contributed by atoms with Gasteiger partial charge in [-0.05, 0) is 60.3 Å². The summed E-state index contributed by atoms with van der Waals surface area (Å²) >= 11 is 0. The van der Waals surface area contributed by atoms with Gasteiger partial charge in [-0.25, -0.2) is 0 Å². The molecule has 7 atom stereocenters. The topological polar surface area (TPSA) is 93.8 Å². The zero-order valence-electron chi connectivity index (χ0n) is 20.8. The minimum absolute atomic E-state index is 0.0188. The first-order chi connectivity index (χ1) is 15.7. The van der Waals surface area contributed by atoms with E-state index in [0.717, 1.165) is 12.0 Å². The van der Waals surface area contributed by atoms with Crippen LogP contribution in [0.3, 0.4) is 0 Å². The van der Waals surface area contributed by atoms with Crippen LogP contribution in [0.1, 0.15) is 66.4 Å². The molecule has 2 saturated carbocycles. The first-order valence-electron chi connectivity index (χ1n) is 12.2. The summed E-state index contributed by atoms with van der Waals surface area (Å²) in [5, 5.41) is 11.9. The highest BCUT2D eigenvalue weighted by atomic mass is 16.5. The molecular weight excluding hydrogens is 432 g/mol. The second-order valence-electron chi connectivity index (χ2n) is 12.0. The van der Waals surface area contributed by atoms with Gasteiger partial charge in [0.15, 0.2) is 17.2 Å². The van der Waals surface area contributed by atoms with Crippen molar-refractivity contribution < 1.29 is 28.6 Å². The highest BCUT2D eigenvalue weighted by Crippen LogP contribution is 2.73. The van der Waals surface area contributed by atoms with E-state index in [9.17, 15) is 19.5 Å². The Balaban J connectivity index is 1.71. The predicted molar refractivity (Wildman–Crippen MR) is 124 cm³/mol. The fourth-order valence-corrected chi connectivity index (χ4v) is 8.41. The monoisotopic (exact) mass is 466 g/mol. The fourth-order valence-electron chi connectivity index (χ4n) is 8.41. The highest BCUT2D eigenvalue weighted by molar-refractivity contribution is 6.03. The summed E-state index contributed by atoms with van der Waals surface area (Å²) in [6, 6.07) is 1.65. The summed E-state index contributed by atoms with van der Waals surface area (Å²) in [7, 11) is 0. The van der Waals surface area contributed by atoms with Crippen LogP contribution in [0, 0.1) is 33.5 Å². The van der Waals surface area contributed by atoms with Gasteiger partial charge in [0.25, 0.3) is 0 Å². The Bertz CT molecular complexity index is 1140. The zero-order valence-corrected chi connectivity index (χ0v) is 20.8. The van der Waals surface area contributed by atoms with Crippen molar-refractivity contribution in [2.45, 2.75) is 72.5 Å². The van der Waals surface area contributed by atoms with Crippen LogP contribution >= 0.6 is 0 Å². The Morgan fingerprint density at radius 1 is 1.12 bits per heavy atom. The van der Waals surface area contributed by atoms with Crippen LogP contribution in [0.5, 0.6) is 0 Å². The molecule has 4 aliphatic rings. The van der Waals surface area contributed by atoms with E-state index < -0.39 is 27.9 Å². The molecule has 1 N–H and O–H groups in total. The Kier molecular flexibility index (Phi) is 4.66. The van der Waals surface area contributed by atoms with Crippen LogP contribution in [0.15, 0.2) is 46.8 Å². The van der Waals surface area contributed by atoms with E-state index in [1.807, 2.05) is 20.8 Å². The van der Waals surface area contributed by atoms with Crippen molar-refractivity contribution in [3.8, 4) is 0 Å². The number of carbonyl (C=O) groups excluding carboxylic acids is 3. The lowest BCUT2D eigenvalue weighted by atomic mass is 9.38. The maximum absolute atomic E-state index is 13.5. The number of hydrogen-bond acceptors (Lipinski definition) is 6. The number of esters is 1. The maximum atomic E-state index is 13.5. The third-order valence-corrected chi connectivity index (χ3v) is 10.2. The van der Waals surface area contributed by atoms with Gasteiger partial charge in [-0.2, -0.15) is 0 Å². The average molecular weight is 467 g/mol. The van der Waals surface area contributed by atoms with E-state index in [2.05, 4.69) is 19.9 Å². The van der Waals surface area contributed by atoms with Gasteiger partial charge < -0.3 is 14.3 Å². The minimum atomic E-state index is -1.74. The van der Waals surface area contributed by atoms with Crippen molar-refractivity contribution in [1.29, 1.82) is 0 Å². The largest absolute Gasteiger partial charge is 0.472 e. The number of allylic oxidation sites excluding steroid dienone is 2. The van der Waals surface area contributed by atoms with E-state index in [0.29, 0.717) is 18.4 Å². The van der Waals surface area contributed by atoms with E-state index in [4.69, 9.17) is 9.15 Å². The molecule has 0 radical (unpaired) electrons. The molecule has 0 aliphatic heterocycles. The Hall–Kier alpha value is -2.47. The molecule has 0 aromatic carbocycles. The number of furan rings is 1. The quantitative estimate of drug-likeness (QED) is 0.644. The minimum Gasteiger partial charge on any atom is -0.472 e. The molecule has 34 heavy (non-hydrogen) atoms. The second kappa shape index (κ2) is 6.81. The maximum Gasteiger partial charge on any atom is 0.302 e. The van der Waals surface area contributed by atoms with Gasteiger partial charge in [0.05, 0.1) is 12.5 Å². The van der Waals surface area contributed by atoms with Crippen molar-refractivity contribution in [3.05, 3.63) is 48.0 Å². The molecule has 1 heterocycles. The molecule has 1 aromatic heterocycles. The van der Waals surface area contributed by atoms with Crippen molar-refractivity contribution in [2.24, 2.45) is 33.5 Å². The standard InChI is InChI=1S/C28H34O6/c1-16(29)34-23-14-19-24(2,3)21(30)8-10-25(19,4)18-7-11-26(5)20(27(18,23)6)13-22(31)28(26,32)17-9-12-33-15-17/h8-10,12-13,15,18-19,23,32H,7,11,14H2,1-6H3/t18-,19+,23+,25-,26+,27-,28-/m0/s1. The Morgan fingerprint density at radius 2 is 1.82 bits per heavy atom. The summed E-state index contributed by atoms with van der Waals surface area (Å²) in [6.45, 7) is 11.6. The number of rotatable bonds is 2. The molecule has 2 fully saturated rings. The summed E-state index contributed by atoms with van der Waals surface area (Å²) in [6.07, 6.45) is 9.58. The normalized spacial score (nSPS) is 44.7. The lowest BCUT2D eigenvalue weighted by Crippen LogP contribution is -2.65. The lowest BCUT2D eigenvalue weighted by molar-refractivity contribution is -0.194. The van der Waals surface area contributed by atoms with Gasteiger partial charge in [0.2, 0.25) is 0 Å². The summed E-state index contributed by atoms with van der Waals surface area (Å²) in [4.78, 5) is 38.7.